The van der Waals surface area contributed by atoms with Crippen molar-refractivity contribution < 1.29 is 9.90 Å². The first-order chi connectivity index (χ1) is 9.59. The molecule has 0 aromatic heterocycles. The second-order valence-electron chi connectivity index (χ2n) is 6.67. The van der Waals surface area contributed by atoms with Crippen molar-refractivity contribution in [2.24, 2.45) is 17.6 Å². The van der Waals surface area contributed by atoms with Gasteiger partial charge in [-0.25, -0.2) is 0 Å². The van der Waals surface area contributed by atoms with E-state index >= 15 is 0 Å². The molecule has 0 bridgehead atoms. The van der Waals surface area contributed by atoms with Crippen LogP contribution in [0.25, 0.3) is 0 Å². The Hall–Kier alpha value is -0.610. The summed E-state index contributed by atoms with van der Waals surface area (Å²) in [5.74, 6) is 0.645. The van der Waals surface area contributed by atoms with Gasteiger partial charge in [0.25, 0.3) is 0 Å². The van der Waals surface area contributed by atoms with Gasteiger partial charge in [0.05, 0.1) is 12.0 Å². The SMILES string of the molecule is CC(O)C1CCN(C(=O)C2CCCCCCC2N)CC1. The Morgan fingerprint density at radius 1 is 1.10 bits per heavy atom. The highest BCUT2D eigenvalue weighted by molar-refractivity contribution is 5.79. The normalized spacial score (nSPS) is 31.4. The first-order valence-electron chi connectivity index (χ1n) is 8.32. The van der Waals surface area contributed by atoms with Gasteiger partial charge in [0, 0.05) is 19.1 Å². The lowest BCUT2D eigenvalue weighted by molar-refractivity contribution is -0.138. The molecule has 1 amide bonds. The topological polar surface area (TPSA) is 66.6 Å². The third-order valence-corrected chi connectivity index (χ3v) is 5.17. The van der Waals surface area contributed by atoms with Gasteiger partial charge >= 0.3 is 0 Å². The molecule has 1 heterocycles. The molecule has 0 aromatic carbocycles. The molecule has 2 aliphatic rings. The Bertz CT molecular complexity index is 312. The number of carbonyl (C=O) groups excluding carboxylic acids is 1. The van der Waals surface area contributed by atoms with Crippen LogP contribution in [0.2, 0.25) is 0 Å². The number of likely N-dealkylation sites (tertiary alicyclic amines) is 1. The highest BCUT2D eigenvalue weighted by Gasteiger charge is 2.32. The molecule has 3 N–H and O–H groups in total. The van der Waals surface area contributed by atoms with Gasteiger partial charge in [-0.05, 0) is 38.5 Å². The summed E-state index contributed by atoms with van der Waals surface area (Å²) in [6, 6.07) is 0.0392. The van der Waals surface area contributed by atoms with Gasteiger partial charge in [-0.2, -0.15) is 0 Å². The molecular formula is C16H30N2O2. The van der Waals surface area contributed by atoms with Crippen LogP contribution < -0.4 is 5.73 Å². The number of rotatable bonds is 2. The van der Waals surface area contributed by atoms with Crippen LogP contribution in [0.4, 0.5) is 0 Å². The molecule has 0 radical (unpaired) electrons. The molecule has 3 unspecified atom stereocenters. The van der Waals surface area contributed by atoms with Crippen molar-refractivity contribution >= 4 is 5.91 Å². The van der Waals surface area contributed by atoms with Crippen molar-refractivity contribution in [3.05, 3.63) is 0 Å². The van der Waals surface area contributed by atoms with Crippen molar-refractivity contribution in [3.63, 3.8) is 0 Å². The molecule has 116 valence electrons. The molecule has 1 saturated carbocycles. The van der Waals surface area contributed by atoms with E-state index in [2.05, 4.69) is 0 Å². The van der Waals surface area contributed by atoms with E-state index in [0.29, 0.717) is 5.92 Å². The number of carbonyl (C=O) groups is 1. The van der Waals surface area contributed by atoms with Crippen molar-refractivity contribution in [1.82, 2.24) is 4.90 Å². The second-order valence-corrected chi connectivity index (χ2v) is 6.67. The molecule has 1 aliphatic heterocycles. The lowest BCUT2D eigenvalue weighted by Gasteiger charge is -2.37. The van der Waals surface area contributed by atoms with Gasteiger partial charge in [-0.15, -0.1) is 0 Å². The Balaban J connectivity index is 1.89. The standard InChI is InChI=1S/C16H30N2O2/c1-12(19)13-8-10-18(11-9-13)16(20)14-6-4-2-3-5-7-15(14)17/h12-15,19H,2-11,17H2,1H3. The quantitative estimate of drug-likeness (QED) is 0.813. The lowest BCUT2D eigenvalue weighted by Crippen LogP contribution is -2.48. The Morgan fingerprint density at radius 2 is 1.70 bits per heavy atom. The number of piperidine rings is 1. The Labute approximate surface area is 122 Å². The highest BCUT2D eigenvalue weighted by atomic mass is 16.3. The zero-order chi connectivity index (χ0) is 14.5. The number of aliphatic hydroxyl groups excluding tert-OH is 1. The Kier molecular flexibility index (Phi) is 5.85. The first kappa shape index (κ1) is 15.8. The monoisotopic (exact) mass is 282 g/mol. The molecule has 1 saturated heterocycles. The highest BCUT2D eigenvalue weighted by Crippen LogP contribution is 2.26. The average Bonchev–Trinajstić information content (AvgIpc) is 2.43. The maximum absolute atomic E-state index is 12.7. The van der Waals surface area contributed by atoms with Crippen molar-refractivity contribution in [2.45, 2.75) is 70.4 Å². The van der Waals surface area contributed by atoms with E-state index in [-0.39, 0.29) is 24.0 Å². The summed E-state index contributed by atoms with van der Waals surface area (Å²) in [7, 11) is 0. The van der Waals surface area contributed by atoms with Gasteiger partial charge in [0.15, 0.2) is 0 Å². The largest absolute Gasteiger partial charge is 0.393 e. The van der Waals surface area contributed by atoms with E-state index in [4.69, 9.17) is 5.73 Å². The molecule has 1 aliphatic carbocycles. The summed E-state index contributed by atoms with van der Waals surface area (Å²) >= 11 is 0. The molecule has 2 fully saturated rings. The number of nitrogens with two attached hydrogens (primary N) is 1. The van der Waals surface area contributed by atoms with Crippen molar-refractivity contribution in [1.29, 1.82) is 0 Å². The van der Waals surface area contributed by atoms with Crippen LogP contribution in [-0.4, -0.2) is 41.1 Å². The summed E-state index contributed by atoms with van der Waals surface area (Å²) in [5, 5.41) is 9.64. The average molecular weight is 282 g/mol. The number of amides is 1. The summed E-state index contributed by atoms with van der Waals surface area (Å²) < 4.78 is 0. The second kappa shape index (κ2) is 7.41. The number of aliphatic hydroxyl groups is 1. The zero-order valence-corrected chi connectivity index (χ0v) is 12.8. The zero-order valence-electron chi connectivity index (χ0n) is 12.8. The molecule has 2 rings (SSSR count). The molecule has 4 nitrogen and oxygen atoms in total. The number of hydrogen-bond donors (Lipinski definition) is 2. The fourth-order valence-corrected chi connectivity index (χ4v) is 3.66. The molecule has 4 heteroatoms. The maximum atomic E-state index is 12.7. The molecular weight excluding hydrogens is 252 g/mol. The van der Waals surface area contributed by atoms with Crippen LogP contribution >= 0.6 is 0 Å². The first-order valence-corrected chi connectivity index (χ1v) is 8.32. The van der Waals surface area contributed by atoms with E-state index in [1.54, 1.807) is 0 Å². The number of nitrogens with zero attached hydrogens (tertiary/aromatic N) is 1. The van der Waals surface area contributed by atoms with E-state index in [9.17, 15) is 9.90 Å². The van der Waals surface area contributed by atoms with Gasteiger partial charge in [0.2, 0.25) is 5.91 Å². The van der Waals surface area contributed by atoms with Gasteiger partial charge in [-0.3, -0.25) is 4.79 Å². The van der Waals surface area contributed by atoms with Gasteiger partial charge < -0.3 is 15.7 Å². The summed E-state index contributed by atoms with van der Waals surface area (Å²) in [6.45, 7) is 3.43. The van der Waals surface area contributed by atoms with E-state index in [1.165, 1.54) is 12.8 Å². The predicted molar refractivity (Wildman–Crippen MR) is 80.2 cm³/mol. The Morgan fingerprint density at radius 3 is 2.30 bits per heavy atom. The minimum absolute atomic E-state index is 0.0263. The van der Waals surface area contributed by atoms with Crippen molar-refractivity contribution in [2.75, 3.05) is 13.1 Å². The van der Waals surface area contributed by atoms with Crippen LogP contribution in [0.1, 0.15) is 58.3 Å². The van der Waals surface area contributed by atoms with Crippen molar-refractivity contribution in [3.8, 4) is 0 Å². The third-order valence-electron chi connectivity index (χ3n) is 5.17. The smallest absolute Gasteiger partial charge is 0.227 e. The number of hydrogen-bond acceptors (Lipinski definition) is 3. The fraction of sp³-hybridized carbons (Fsp3) is 0.938. The minimum atomic E-state index is -0.254. The van der Waals surface area contributed by atoms with Crippen LogP contribution in [0.5, 0.6) is 0 Å². The molecule has 0 aromatic rings. The van der Waals surface area contributed by atoms with Crippen LogP contribution in [0, 0.1) is 11.8 Å². The summed E-state index contributed by atoms with van der Waals surface area (Å²) in [4.78, 5) is 14.7. The van der Waals surface area contributed by atoms with E-state index in [0.717, 1.165) is 51.6 Å². The van der Waals surface area contributed by atoms with Gasteiger partial charge in [-0.1, -0.05) is 25.7 Å². The molecule has 3 atom stereocenters. The summed E-state index contributed by atoms with van der Waals surface area (Å²) in [5.41, 5.74) is 6.24. The summed E-state index contributed by atoms with van der Waals surface area (Å²) in [6.07, 6.45) is 8.32. The fourth-order valence-electron chi connectivity index (χ4n) is 3.66. The van der Waals surface area contributed by atoms with E-state index in [1.807, 2.05) is 11.8 Å². The predicted octanol–water partition coefficient (Wildman–Crippen LogP) is 1.90. The lowest BCUT2D eigenvalue weighted by atomic mass is 9.85. The molecule has 20 heavy (non-hydrogen) atoms. The van der Waals surface area contributed by atoms with Crippen LogP contribution in [-0.2, 0) is 4.79 Å². The van der Waals surface area contributed by atoms with Crippen LogP contribution in [0.3, 0.4) is 0 Å². The van der Waals surface area contributed by atoms with Gasteiger partial charge in [0.1, 0.15) is 0 Å². The minimum Gasteiger partial charge on any atom is -0.393 e. The maximum Gasteiger partial charge on any atom is 0.227 e. The molecule has 0 spiro atoms. The van der Waals surface area contributed by atoms with Crippen LogP contribution in [0.15, 0.2) is 0 Å². The third kappa shape index (κ3) is 3.95. The van der Waals surface area contributed by atoms with E-state index < -0.39 is 0 Å².